The molecule has 25 heavy (non-hydrogen) atoms. The van der Waals surface area contributed by atoms with Gasteiger partial charge in [-0.05, 0) is 50.6 Å². The van der Waals surface area contributed by atoms with Crippen molar-refractivity contribution >= 4 is 28.5 Å². The monoisotopic (exact) mass is 357 g/mol. The summed E-state index contributed by atoms with van der Waals surface area (Å²) in [5.41, 5.74) is 2.54. The number of aromatic amines is 1. The molecule has 0 unspecified atom stereocenters. The number of esters is 1. The Morgan fingerprint density at radius 3 is 2.40 bits per heavy atom. The van der Waals surface area contributed by atoms with E-state index < -0.39 is 5.60 Å². The summed E-state index contributed by atoms with van der Waals surface area (Å²) in [5.74, 6) is 0.416. The molecular weight excluding hydrogens is 338 g/mol. The first-order valence-corrected chi connectivity index (χ1v) is 8.35. The summed E-state index contributed by atoms with van der Waals surface area (Å²) in [6.07, 6.45) is 1.66. The van der Waals surface area contributed by atoms with Crippen molar-refractivity contribution in [1.82, 2.24) is 4.98 Å². The number of benzene rings is 2. The van der Waals surface area contributed by atoms with Crippen LogP contribution in [0.3, 0.4) is 0 Å². The third-order valence-electron chi connectivity index (χ3n) is 3.79. The molecule has 5 heteroatoms. The van der Waals surface area contributed by atoms with Gasteiger partial charge in [-0.25, -0.2) is 4.79 Å². The minimum Gasteiger partial charge on any atom is -0.497 e. The Balaban J connectivity index is 2.07. The summed E-state index contributed by atoms with van der Waals surface area (Å²) in [5, 5.41) is 1.39. The molecule has 0 spiro atoms. The van der Waals surface area contributed by atoms with Gasteiger partial charge in [-0.2, -0.15) is 0 Å². The van der Waals surface area contributed by atoms with Crippen LogP contribution in [0.1, 0.15) is 31.1 Å². The van der Waals surface area contributed by atoms with Crippen molar-refractivity contribution in [3.63, 3.8) is 0 Å². The van der Waals surface area contributed by atoms with Crippen molar-refractivity contribution < 1.29 is 14.3 Å². The number of hydrogen-bond donors (Lipinski definition) is 1. The second kappa shape index (κ2) is 6.45. The van der Waals surface area contributed by atoms with Gasteiger partial charge in [0.1, 0.15) is 11.4 Å². The molecule has 0 radical (unpaired) electrons. The molecule has 1 aromatic heterocycles. The van der Waals surface area contributed by atoms with Gasteiger partial charge in [0.25, 0.3) is 0 Å². The zero-order valence-electron chi connectivity index (χ0n) is 14.6. The van der Waals surface area contributed by atoms with Gasteiger partial charge in [-0.15, -0.1) is 0 Å². The van der Waals surface area contributed by atoms with Crippen LogP contribution >= 0.6 is 11.6 Å². The summed E-state index contributed by atoms with van der Waals surface area (Å²) in [6, 6.07) is 11.4. The largest absolute Gasteiger partial charge is 0.497 e. The average Bonchev–Trinajstić information content (AvgIpc) is 2.95. The molecule has 0 saturated carbocycles. The van der Waals surface area contributed by atoms with E-state index in [1.807, 2.05) is 57.2 Å². The number of ether oxygens (including phenoxy) is 2. The zero-order valence-corrected chi connectivity index (χ0v) is 15.4. The number of methoxy groups -OCH3 is 1. The van der Waals surface area contributed by atoms with Gasteiger partial charge < -0.3 is 14.5 Å². The normalized spacial score (nSPS) is 11.6. The van der Waals surface area contributed by atoms with Crippen LogP contribution in [0.15, 0.2) is 42.6 Å². The molecule has 1 heterocycles. The topological polar surface area (TPSA) is 51.3 Å². The molecular formula is C20H20ClNO3. The van der Waals surface area contributed by atoms with Crippen LogP contribution in [0, 0.1) is 0 Å². The van der Waals surface area contributed by atoms with Crippen molar-refractivity contribution in [2.45, 2.75) is 26.4 Å². The van der Waals surface area contributed by atoms with E-state index in [1.54, 1.807) is 13.3 Å². The van der Waals surface area contributed by atoms with Crippen molar-refractivity contribution in [2.75, 3.05) is 7.11 Å². The first-order chi connectivity index (χ1) is 11.8. The van der Waals surface area contributed by atoms with Gasteiger partial charge in [0, 0.05) is 22.7 Å². The quantitative estimate of drug-likeness (QED) is 0.634. The molecule has 0 amide bonds. The number of halogens is 1. The first kappa shape index (κ1) is 17.4. The number of nitrogens with one attached hydrogen (secondary N) is 1. The highest BCUT2D eigenvalue weighted by atomic mass is 35.5. The minimum atomic E-state index is -0.550. The molecule has 4 nitrogen and oxygen atoms in total. The molecule has 0 saturated heterocycles. The maximum Gasteiger partial charge on any atom is 0.340 e. The lowest BCUT2D eigenvalue weighted by Gasteiger charge is -2.19. The van der Waals surface area contributed by atoms with Crippen LogP contribution in [0.2, 0.25) is 5.02 Å². The fraction of sp³-hybridized carbons (Fsp3) is 0.250. The van der Waals surface area contributed by atoms with Crippen LogP contribution in [0.5, 0.6) is 5.75 Å². The highest BCUT2D eigenvalue weighted by Gasteiger charge is 2.21. The predicted octanol–water partition coefficient (Wildman–Crippen LogP) is 5.45. The van der Waals surface area contributed by atoms with E-state index in [-0.39, 0.29) is 5.97 Å². The number of rotatable bonds is 3. The lowest BCUT2D eigenvalue weighted by Crippen LogP contribution is -2.23. The number of aromatic nitrogens is 1. The van der Waals surface area contributed by atoms with Crippen LogP contribution in [0.4, 0.5) is 0 Å². The Labute approximate surface area is 151 Å². The Morgan fingerprint density at radius 2 is 1.80 bits per heavy atom. The molecule has 2 aromatic carbocycles. The van der Waals surface area contributed by atoms with Crippen LogP contribution in [-0.4, -0.2) is 23.7 Å². The molecule has 0 atom stereocenters. The smallest absolute Gasteiger partial charge is 0.340 e. The maximum atomic E-state index is 12.5. The van der Waals surface area contributed by atoms with Crippen LogP contribution in [-0.2, 0) is 4.74 Å². The maximum absolute atomic E-state index is 12.5. The van der Waals surface area contributed by atoms with E-state index in [9.17, 15) is 4.79 Å². The molecule has 0 aliphatic heterocycles. The van der Waals surface area contributed by atoms with Gasteiger partial charge in [0.15, 0.2) is 0 Å². The van der Waals surface area contributed by atoms with Crippen LogP contribution < -0.4 is 4.74 Å². The zero-order chi connectivity index (χ0) is 18.2. The Morgan fingerprint density at radius 1 is 1.12 bits per heavy atom. The third-order valence-corrected chi connectivity index (χ3v) is 4.10. The summed E-state index contributed by atoms with van der Waals surface area (Å²) in [4.78, 5) is 15.5. The van der Waals surface area contributed by atoms with E-state index in [0.717, 1.165) is 27.8 Å². The van der Waals surface area contributed by atoms with Gasteiger partial charge >= 0.3 is 5.97 Å². The fourth-order valence-electron chi connectivity index (χ4n) is 2.64. The van der Waals surface area contributed by atoms with Gasteiger partial charge in [0.2, 0.25) is 0 Å². The van der Waals surface area contributed by atoms with Crippen molar-refractivity contribution in [1.29, 1.82) is 0 Å². The molecule has 130 valence electrons. The molecule has 0 bridgehead atoms. The number of carbonyl (C=O) groups excluding carboxylic acids is 1. The lowest BCUT2D eigenvalue weighted by molar-refractivity contribution is 0.00719. The van der Waals surface area contributed by atoms with Gasteiger partial charge in [0.05, 0.1) is 17.7 Å². The van der Waals surface area contributed by atoms with E-state index >= 15 is 0 Å². The number of carbonyl (C=O) groups is 1. The van der Waals surface area contributed by atoms with E-state index in [1.165, 1.54) is 0 Å². The van der Waals surface area contributed by atoms with E-state index in [2.05, 4.69) is 4.98 Å². The highest BCUT2D eigenvalue weighted by molar-refractivity contribution is 6.34. The molecule has 0 aliphatic rings. The Kier molecular flexibility index (Phi) is 4.48. The summed E-state index contributed by atoms with van der Waals surface area (Å²) >= 11 is 6.44. The standard InChI is InChI=1S/C20H20ClNO3/c1-20(2,3)25-19(23)16-11-22-18-10-17(21)14(9-15(16)18)12-5-7-13(24-4)8-6-12/h5-11,22H,1-4H3. The summed E-state index contributed by atoms with van der Waals surface area (Å²) in [7, 11) is 1.63. The van der Waals surface area contributed by atoms with Crippen molar-refractivity contribution in [2.24, 2.45) is 0 Å². The van der Waals surface area contributed by atoms with Gasteiger partial charge in [-0.3, -0.25) is 0 Å². The number of H-pyrrole nitrogens is 1. The molecule has 3 aromatic rings. The number of fused-ring (bicyclic) bond motifs is 1. The Bertz CT molecular complexity index is 921. The Hall–Kier alpha value is -2.46. The second-order valence-corrected chi connectivity index (χ2v) is 7.22. The van der Waals surface area contributed by atoms with E-state index in [4.69, 9.17) is 21.1 Å². The predicted molar refractivity (Wildman–Crippen MR) is 100 cm³/mol. The lowest BCUT2D eigenvalue weighted by atomic mass is 10.0. The second-order valence-electron chi connectivity index (χ2n) is 6.81. The minimum absolute atomic E-state index is 0.359. The summed E-state index contributed by atoms with van der Waals surface area (Å²) in [6.45, 7) is 5.54. The molecule has 0 fully saturated rings. The molecule has 3 rings (SSSR count). The van der Waals surface area contributed by atoms with Crippen molar-refractivity contribution in [3.8, 4) is 16.9 Å². The van der Waals surface area contributed by atoms with Crippen LogP contribution in [0.25, 0.3) is 22.0 Å². The summed E-state index contributed by atoms with van der Waals surface area (Å²) < 4.78 is 10.7. The SMILES string of the molecule is COc1ccc(-c2cc3c(C(=O)OC(C)(C)C)c[nH]c3cc2Cl)cc1. The fourth-order valence-corrected chi connectivity index (χ4v) is 2.91. The average molecular weight is 358 g/mol. The van der Waals surface area contributed by atoms with E-state index in [0.29, 0.717) is 10.6 Å². The molecule has 0 aliphatic carbocycles. The number of hydrogen-bond acceptors (Lipinski definition) is 3. The van der Waals surface area contributed by atoms with Crippen molar-refractivity contribution in [3.05, 3.63) is 53.2 Å². The first-order valence-electron chi connectivity index (χ1n) is 7.97. The highest BCUT2D eigenvalue weighted by Crippen LogP contribution is 2.34. The molecule has 1 N–H and O–H groups in total. The third kappa shape index (κ3) is 3.64. The van der Waals surface area contributed by atoms with Gasteiger partial charge in [-0.1, -0.05) is 23.7 Å².